The van der Waals surface area contributed by atoms with Crippen molar-refractivity contribution in [3.8, 4) is 0 Å². The first-order valence-corrected chi connectivity index (χ1v) is 9.64. The van der Waals surface area contributed by atoms with Crippen LogP contribution in [-0.2, 0) is 30.3 Å². The molecular weight excluding hydrogens is 410 g/mol. The molecule has 31 heavy (non-hydrogen) atoms. The Morgan fingerprint density at radius 3 is 2.39 bits per heavy atom. The first-order valence-electron chi connectivity index (χ1n) is 9.64. The van der Waals surface area contributed by atoms with Crippen LogP contribution < -0.4 is 16.0 Å². The summed E-state index contributed by atoms with van der Waals surface area (Å²) >= 11 is 0. The highest BCUT2D eigenvalue weighted by molar-refractivity contribution is 5.92. The number of alkyl carbamates (subject to hydrolysis) is 2. The molecule has 11 nitrogen and oxygen atoms in total. The van der Waals surface area contributed by atoms with Crippen LogP contribution in [0.4, 0.5) is 14.4 Å². The molecule has 3 atom stereocenters. The number of ether oxygens (including phenoxy) is 4. The average Bonchev–Trinajstić information content (AvgIpc) is 2.66. The van der Waals surface area contributed by atoms with E-state index in [-0.39, 0.29) is 13.2 Å². The summed E-state index contributed by atoms with van der Waals surface area (Å²) in [6.07, 6.45) is -3.58. The zero-order valence-corrected chi connectivity index (χ0v) is 17.8. The van der Waals surface area contributed by atoms with Crippen LogP contribution in [0.25, 0.3) is 0 Å². The molecule has 170 valence electrons. The van der Waals surface area contributed by atoms with E-state index in [4.69, 9.17) is 18.9 Å². The van der Waals surface area contributed by atoms with E-state index >= 15 is 0 Å². The van der Waals surface area contributed by atoms with Gasteiger partial charge in [0.05, 0.1) is 6.04 Å². The third-order valence-corrected chi connectivity index (χ3v) is 3.87. The third kappa shape index (κ3) is 8.41. The number of rotatable bonds is 7. The molecule has 1 saturated heterocycles. The molecule has 1 aromatic rings. The maximum Gasteiger partial charge on any atom is 0.510 e. The van der Waals surface area contributed by atoms with Gasteiger partial charge in [0.2, 0.25) is 5.91 Å². The number of nitrogens with one attached hydrogen (secondary N) is 3. The largest absolute Gasteiger partial charge is 0.510 e. The molecule has 1 aromatic carbocycles. The molecule has 1 unspecified atom stereocenters. The van der Waals surface area contributed by atoms with Gasteiger partial charge in [0.25, 0.3) is 0 Å². The van der Waals surface area contributed by atoms with Crippen molar-refractivity contribution < 1.29 is 38.1 Å². The Balaban J connectivity index is 1.68. The lowest BCUT2D eigenvalue weighted by atomic mass is 10.0. The van der Waals surface area contributed by atoms with Crippen molar-refractivity contribution >= 4 is 24.2 Å². The number of carbonyl (C=O) groups excluding carboxylic acids is 4. The molecule has 0 bridgehead atoms. The van der Waals surface area contributed by atoms with Crippen molar-refractivity contribution in [2.75, 3.05) is 6.61 Å². The number of β-lactam (4-membered cyclic amide) rings is 1. The normalized spacial score (nSPS) is 18.5. The van der Waals surface area contributed by atoms with Crippen LogP contribution in [0.5, 0.6) is 0 Å². The summed E-state index contributed by atoms with van der Waals surface area (Å²) in [6.45, 7) is 6.32. The van der Waals surface area contributed by atoms with Gasteiger partial charge >= 0.3 is 18.3 Å². The first-order chi connectivity index (χ1) is 14.5. The van der Waals surface area contributed by atoms with Crippen molar-refractivity contribution in [1.29, 1.82) is 0 Å². The Kier molecular flexibility index (Phi) is 8.06. The van der Waals surface area contributed by atoms with Crippen molar-refractivity contribution in [1.82, 2.24) is 16.0 Å². The Hall–Kier alpha value is -3.50. The lowest BCUT2D eigenvalue weighted by Gasteiger charge is -2.36. The van der Waals surface area contributed by atoms with Gasteiger partial charge in [-0.15, -0.1) is 0 Å². The van der Waals surface area contributed by atoms with Gasteiger partial charge in [0.1, 0.15) is 24.9 Å². The van der Waals surface area contributed by atoms with E-state index in [1.807, 2.05) is 18.2 Å². The van der Waals surface area contributed by atoms with E-state index in [1.165, 1.54) is 6.92 Å². The SMILES string of the molecule is CC(NC(=O)OC(C)(C)C)OC(=O)OC[C@@H]1NC(=O)[C@@H]1NC(=O)OCc1ccccc1. The third-order valence-electron chi connectivity index (χ3n) is 3.87. The van der Waals surface area contributed by atoms with Gasteiger partial charge in [-0.1, -0.05) is 30.3 Å². The van der Waals surface area contributed by atoms with Crippen LogP contribution in [0.1, 0.15) is 33.3 Å². The Labute approximate surface area is 179 Å². The molecule has 0 aromatic heterocycles. The van der Waals surface area contributed by atoms with Gasteiger partial charge in [0.15, 0.2) is 6.23 Å². The van der Waals surface area contributed by atoms with E-state index in [1.54, 1.807) is 32.9 Å². The number of carbonyl (C=O) groups is 4. The van der Waals surface area contributed by atoms with Crippen molar-refractivity contribution in [2.45, 2.75) is 58.2 Å². The molecular formula is C20H27N3O8. The minimum Gasteiger partial charge on any atom is -0.445 e. The molecule has 3 amide bonds. The average molecular weight is 437 g/mol. The highest BCUT2D eigenvalue weighted by Gasteiger charge is 2.41. The monoisotopic (exact) mass is 437 g/mol. The van der Waals surface area contributed by atoms with Gasteiger partial charge in [-0.2, -0.15) is 0 Å². The van der Waals surface area contributed by atoms with E-state index in [2.05, 4.69) is 16.0 Å². The minimum atomic E-state index is -1.06. The zero-order valence-electron chi connectivity index (χ0n) is 17.8. The second-order valence-corrected chi connectivity index (χ2v) is 7.77. The van der Waals surface area contributed by atoms with Crippen LogP contribution >= 0.6 is 0 Å². The van der Waals surface area contributed by atoms with Crippen LogP contribution in [0.2, 0.25) is 0 Å². The van der Waals surface area contributed by atoms with Gasteiger partial charge < -0.3 is 29.6 Å². The van der Waals surface area contributed by atoms with Crippen LogP contribution in [-0.4, -0.2) is 54.8 Å². The second-order valence-electron chi connectivity index (χ2n) is 7.77. The van der Waals surface area contributed by atoms with Gasteiger partial charge in [0, 0.05) is 0 Å². The maximum atomic E-state index is 11.9. The van der Waals surface area contributed by atoms with E-state index in [0.29, 0.717) is 0 Å². The molecule has 1 aliphatic heterocycles. The van der Waals surface area contributed by atoms with E-state index in [9.17, 15) is 19.2 Å². The summed E-state index contributed by atoms with van der Waals surface area (Å²) in [5.41, 5.74) is 0.101. The van der Waals surface area contributed by atoms with Crippen LogP contribution in [0.15, 0.2) is 30.3 Å². The quantitative estimate of drug-likeness (QED) is 0.254. The Morgan fingerprint density at radius 2 is 1.77 bits per heavy atom. The molecule has 0 radical (unpaired) electrons. The lowest BCUT2D eigenvalue weighted by Crippen LogP contribution is -2.70. The predicted octanol–water partition coefficient (Wildman–Crippen LogP) is 1.80. The molecule has 0 aliphatic carbocycles. The fraction of sp³-hybridized carbons (Fsp3) is 0.500. The summed E-state index contributed by atoms with van der Waals surface area (Å²) in [4.78, 5) is 47.0. The van der Waals surface area contributed by atoms with Gasteiger partial charge in [-0.05, 0) is 33.3 Å². The molecule has 0 spiro atoms. The highest BCUT2D eigenvalue weighted by atomic mass is 16.7. The van der Waals surface area contributed by atoms with Crippen molar-refractivity contribution in [3.05, 3.63) is 35.9 Å². The highest BCUT2D eigenvalue weighted by Crippen LogP contribution is 2.10. The van der Waals surface area contributed by atoms with E-state index < -0.39 is 48.2 Å². The minimum absolute atomic E-state index is 0.0526. The Bertz CT molecular complexity index is 793. The molecule has 1 fully saturated rings. The zero-order chi connectivity index (χ0) is 23.0. The molecule has 1 aliphatic rings. The van der Waals surface area contributed by atoms with E-state index in [0.717, 1.165) is 5.56 Å². The number of amides is 3. The Morgan fingerprint density at radius 1 is 1.10 bits per heavy atom. The summed E-state index contributed by atoms with van der Waals surface area (Å²) in [5.74, 6) is -0.432. The van der Waals surface area contributed by atoms with Crippen LogP contribution in [0.3, 0.4) is 0 Å². The number of benzene rings is 1. The van der Waals surface area contributed by atoms with Crippen molar-refractivity contribution in [3.63, 3.8) is 0 Å². The smallest absolute Gasteiger partial charge is 0.445 e. The van der Waals surface area contributed by atoms with Crippen molar-refractivity contribution in [2.24, 2.45) is 0 Å². The van der Waals surface area contributed by atoms with Crippen LogP contribution in [0, 0.1) is 0 Å². The molecule has 1 heterocycles. The second kappa shape index (κ2) is 10.5. The summed E-state index contributed by atoms with van der Waals surface area (Å²) in [5, 5.41) is 7.25. The first kappa shape index (κ1) is 23.8. The molecule has 3 N–H and O–H groups in total. The number of hydrogen-bond acceptors (Lipinski definition) is 8. The maximum absolute atomic E-state index is 11.9. The summed E-state index contributed by atoms with van der Waals surface area (Å²) < 4.78 is 19.9. The molecule has 2 rings (SSSR count). The fourth-order valence-corrected chi connectivity index (χ4v) is 2.48. The lowest BCUT2D eigenvalue weighted by molar-refractivity contribution is -0.133. The number of hydrogen-bond donors (Lipinski definition) is 3. The fourth-order valence-electron chi connectivity index (χ4n) is 2.48. The molecule has 0 saturated carbocycles. The summed E-state index contributed by atoms with van der Waals surface area (Å²) in [7, 11) is 0. The summed E-state index contributed by atoms with van der Waals surface area (Å²) in [6, 6.07) is 7.51. The van der Waals surface area contributed by atoms with Gasteiger partial charge in [-0.25, -0.2) is 14.4 Å². The molecule has 11 heteroatoms. The topological polar surface area (TPSA) is 141 Å². The van der Waals surface area contributed by atoms with Gasteiger partial charge in [-0.3, -0.25) is 10.1 Å². The standard InChI is InChI=1S/C20H27N3O8/c1-12(21-18(26)31-20(2,3)4)30-19(27)29-11-14-15(16(24)22-14)23-17(25)28-10-13-8-6-5-7-9-13/h5-9,12,14-15H,10-11H2,1-4H3,(H,21,26)(H,22,24)(H,23,25)/t12?,14-,15+/m0/s1. The predicted molar refractivity (Wildman–Crippen MR) is 107 cm³/mol.